The molecule has 0 aromatic heterocycles. The zero-order chi connectivity index (χ0) is 25.3. The number of methoxy groups -OCH3 is 2. The van der Waals surface area contributed by atoms with E-state index in [1.807, 2.05) is 36.4 Å². The average Bonchev–Trinajstić information content (AvgIpc) is 3.25. The normalized spacial score (nSPS) is 15.6. The summed E-state index contributed by atoms with van der Waals surface area (Å²) in [6.07, 6.45) is 0. The van der Waals surface area contributed by atoms with Gasteiger partial charge in [0, 0.05) is 0 Å². The SMILES string of the molecule is COc1ccc(C(C#N)=C2SC(=NO[PH2]=O)C(Oc3ccccc3)=C2Oc2ccccc2)cc1OC. The molecule has 0 spiro atoms. The number of allylic oxidation sites excluding steroid dienone is 1. The molecule has 1 unspecified atom stereocenters. The minimum absolute atomic E-state index is 0.228. The number of thioether (sulfide) groups is 1. The smallest absolute Gasteiger partial charge is 0.253 e. The quantitative estimate of drug-likeness (QED) is 0.191. The standard InChI is InChI=1S/C26H21N2O6PS/c1-30-21-14-13-17(15-22(21)31-2)20(16-27)25-23(32-18-9-5-3-6-10-18)24(26(36-25)28-34-35-29)33-19-11-7-4-8-12-19/h3-15H,35H2,1-2H3. The molecule has 0 N–H and O–H groups in total. The van der Waals surface area contributed by atoms with Crippen molar-refractivity contribution in [3.05, 3.63) is 101 Å². The van der Waals surface area contributed by atoms with Crippen LogP contribution in [0.15, 0.2) is 100 Å². The van der Waals surface area contributed by atoms with Gasteiger partial charge in [0.25, 0.3) is 8.69 Å². The van der Waals surface area contributed by atoms with Crippen molar-refractivity contribution in [3.8, 4) is 29.1 Å². The summed E-state index contributed by atoms with van der Waals surface area (Å²) < 4.78 is 39.2. The van der Waals surface area contributed by atoms with Crippen molar-refractivity contribution in [2.75, 3.05) is 14.2 Å². The molecule has 0 saturated carbocycles. The lowest BCUT2D eigenvalue weighted by atomic mass is 10.0. The highest BCUT2D eigenvalue weighted by molar-refractivity contribution is 8.18. The molecule has 8 nitrogen and oxygen atoms in total. The average molecular weight is 521 g/mol. The molecule has 0 bridgehead atoms. The zero-order valence-electron chi connectivity index (χ0n) is 19.3. The first-order valence-corrected chi connectivity index (χ1v) is 12.4. The molecule has 0 aliphatic carbocycles. The molecule has 0 amide bonds. The van der Waals surface area contributed by atoms with E-state index in [0.29, 0.717) is 39.0 Å². The minimum Gasteiger partial charge on any atom is -0.493 e. The topological polar surface area (TPSA) is 99.4 Å². The summed E-state index contributed by atoms with van der Waals surface area (Å²) in [5.41, 5.74) is 0.864. The number of hydrogen-bond donors (Lipinski definition) is 0. The minimum atomic E-state index is -1.60. The first kappa shape index (κ1) is 25.0. The summed E-state index contributed by atoms with van der Waals surface area (Å²) >= 11 is 1.12. The van der Waals surface area contributed by atoms with Crippen molar-refractivity contribution in [2.45, 2.75) is 0 Å². The lowest BCUT2D eigenvalue weighted by molar-refractivity contribution is 0.355. The second-order valence-electron chi connectivity index (χ2n) is 7.07. The molecule has 3 aromatic carbocycles. The van der Waals surface area contributed by atoms with Gasteiger partial charge in [0.1, 0.15) is 17.6 Å². The van der Waals surface area contributed by atoms with Crippen LogP contribution < -0.4 is 18.9 Å². The highest BCUT2D eigenvalue weighted by atomic mass is 32.2. The number of para-hydroxylation sites is 2. The van der Waals surface area contributed by atoms with E-state index in [1.165, 1.54) is 14.2 Å². The second-order valence-corrected chi connectivity index (χ2v) is 8.48. The molecule has 1 aliphatic rings. The molecule has 182 valence electrons. The van der Waals surface area contributed by atoms with Crippen molar-refractivity contribution >= 4 is 31.1 Å². The Bertz CT molecular complexity index is 1380. The highest BCUT2D eigenvalue weighted by Gasteiger charge is 2.35. The third kappa shape index (κ3) is 5.57. The Morgan fingerprint density at radius 2 is 1.47 bits per heavy atom. The van der Waals surface area contributed by atoms with Crippen LogP contribution in [-0.4, -0.2) is 19.3 Å². The van der Waals surface area contributed by atoms with Gasteiger partial charge in [-0.3, -0.25) is 4.57 Å². The first-order valence-electron chi connectivity index (χ1n) is 10.6. The summed E-state index contributed by atoms with van der Waals surface area (Å²) in [7, 11) is 1.46. The van der Waals surface area contributed by atoms with Crippen molar-refractivity contribution in [2.24, 2.45) is 5.16 Å². The predicted octanol–water partition coefficient (Wildman–Crippen LogP) is 6.06. The molecular formula is C26H21N2O6PS. The molecule has 4 rings (SSSR count). The summed E-state index contributed by atoms with van der Waals surface area (Å²) in [5, 5.41) is 14.5. The maximum absolute atomic E-state index is 11.1. The molecule has 0 fully saturated rings. The van der Waals surface area contributed by atoms with Gasteiger partial charge < -0.3 is 23.6 Å². The number of oxime groups is 1. The van der Waals surface area contributed by atoms with Gasteiger partial charge in [-0.25, -0.2) is 0 Å². The number of benzene rings is 3. The fourth-order valence-electron chi connectivity index (χ4n) is 3.32. The number of nitrogens with zero attached hydrogens (tertiary/aromatic N) is 2. The van der Waals surface area contributed by atoms with Crippen molar-refractivity contribution in [3.63, 3.8) is 0 Å². The van der Waals surface area contributed by atoms with Crippen LogP contribution in [0.4, 0.5) is 0 Å². The fraction of sp³-hybridized carbons (Fsp3) is 0.0769. The van der Waals surface area contributed by atoms with Crippen LogP contribution in [0.25, 0.3) is 5.57 Å². The van der Waals surface area contributed by atoms with E-state index in [-0.39, 0.29) is 16.6 Å². The number of nitriles is 1. The van der Waals surface area contributed by atoms with E-state index < -0.39 is 8.69 Å². The van der Waals surface area contributed by atoms with E-state index >= 15 is 0 Å². The highest BCUT2D eigenvalue weighted by Crippen LogP contribution is 2.45. The Morgan fingerprint density at radius 3 is 2.03 bits per heavy atom. The van der Waals surface area contributed by atoms with Crippen LogP contribution in [0.3, 0.4) is 0 Å². The van der Waals surface area contributed by atoms with E-state index in [1.54, 1.807) is 42.5 Å². The molecular weight excluding hydrogens is 499 g/mol. The zero-order valence-corrected chi connectivity index (χ0v) is 21.3. The van der Waals surface area contributed by atoms with E-state index in [4.69, 9.17) is 23.6 Å². The van der Waals surface area contributed by atoms with Gasteiger partial charge >= 0.3 is 0 Å². The third-order valence-corrected chi connectivity index (χ3v) is 6.16. The van der Waals surface area contributed by atoms with Gasteiger partial charge in [-0.05, 0) is 48.0 Å². The van der Waals surface area contributed by atoms with Crippen molar-refractivity contribution in [1.82, 2.24) is 0 Å². The van der Waals surface area contributed by atoms with Gasteiger partial charge in [-0.1, -0.05) is 53.3 Å². The van der Waals surface area contributed by atoms with Crippen LogP contribution in [0.2, 0.25) is 0 Å². The molecule has 1 aliphatic heterocycles. The number of hydrogen-bond acceptors (Lipinski definition) is 9. The molecule has 0 radical (unpaired) electrons. The lowest BCUT2D eigenvalue weighted by Gasteiger charge is -2.13. The van der Waals surface area contributed by atoms with Crippen LogP contribution in [-0.2, 0) is 9.19 Å². The van der Waals surface area contributed by atoms with E-state index in [9.17, 15) is 9.83 Å². The van der Waals surface area contributed by atoms with Crippen LogP contribution in [0.1, 0.15) is 5.56 Å². The second kappa shape index (κ2) is 12.0. The summed E-state index contributed by atoms with van der Waals surface area (Å²) in [6, 6.07) is 25.6. The lowest BCUT2D eigenvalue weighted by Crippen LogP contribution is -2.07. The summed E-state index contributed by atoms with van der Waals surface area (Å²) in [5.74, 6) is 2.54. The molecule has 1 atom stereocenters. The number of ether oxygens (including phenoxy) is 4. The fourth-order valence-corrected chi connectivity index (χ4v) is 4.54. The Morgan fingerprint density at radius 1 is 0.861 bits per heavy atom. The largest absolute Gasteiger partial charge is 0.493 e. The maximum atomic E-state index is 11.1. The molecule has 3 aromatic rings. The summed E-state index contributed by atoms with van der Waals surface area (Å²) in [6.45, 7) is 0. The van der Waals surface area contributed by atoms with Gasteiger partial charge in [0.05, 0.1) is 24.7 Å². The predicted molar refractivity (Wildman–Crippen MR) is 140 cm³/mol. The van der Waals surface area contributed by atoms with Crippen LogP contribution in [0, 0.1) is 11.3 Å². The maximum Gasteiger partial charge on any atom is 0.253 e. The van der Waals surface area contributed by atoms with E-state index in [2.05, 4.69) is 11.2 Å². The Balaban J connectivity index is 1.93. The molecule has 36 heavy (non-hydrogen) atoms. The number of rotatable bonds is 9. The Hall–Kier alpha value is -4.12. The molecule has 10 heteroatoms. The van der Waals surface area contributed by atoms with Crippen molar-refractivity contribution in [1.29, 1.82) is 5.26 Å². The van der Waals surface area contributed by atoms with Gasteiger partial charge in [-0.15, -0.1) is 0 Å². The van der Waals surface area contributed by atoms with E-state index in [0.717, 1.165) is 11.8 Å². The van der Waals surface area contributed by atoms with Crippen LogP contribution >= 0.6 is 20.4 Å². The van der Waals surface area contributed by atoms with Gasteiger partial charge in [0.2, 0.25) is 5.76 Å². The monoisotopic (exact) mass is 520 g/mol. The van der Waals surface area contributed by atoms with Gasteiger partial charge in [0.15, 0.2) is 22.3 Å². The molecule has 0 saturated heterocycles. The third-order valence-electron chi connectivity index (χ3n) is 4.92. The van der Waals surface area contributed by atoms with Crippen molar-refractivity contribution < 1.29 is 28.1 Å². The first-order chi connectivity index (χ1) is 17.7. The Kier molecular flexibility index (Phi) is 8.35. The van der Waals surface area contributed by atoms with Crippen LogP contribution in [0.5, 0.6) is 23.0 Å². The summed E-state index contributed by atoms with van der Waals surface area (Å²) in [4.78, 5) is 0.447. The Labute approximate surface area is 213 Å². The molecule has 1 heterocycles. The van der Waals surface area contributed by atoms with Gasteiger partial charge in [-0.2, -0.15) is 5.26 Å².